The Bertz CT molecular complexity index is 746. The number of rotatable bonds is 7. The molecule has 0 saturated carbocycles. The number of hydrogen-bond donors (Lipinski definition) is 1. The smallest absolute Gasteiger partial charge is 0.251 e. The number of ether oxygens (including phenoxy) is 2. The molecule has 0 heterocycles. The minimum absolute atomic E-state index is 0.191. The van der Waals surface area contributed by atoms with Crippen molar-refractivity contribution >= 4 is 16.7 Å². The van der Waals surface area contributed by atoms with E-state index in [2.05, 4.69) is 5.32 Å². The van der Waals surface area contributed by atoms with Crippen LogP contribution in [0.25, 0.3) is 0 Å². The highest BCUT2D eigenvalue weighted by Gasteiger charge is 2.12. The van der Waals surface area contributed by atoms with Crippen LogP contribution in [0.3, 0.4) is 0 Å². The van der Waals surface area contributed by atoms with Crippen molar-refractivity contribution in [3.05, 3.63) is 59.2 Å². The quantitative estimate of drug-likeness (QED) is 0.836. The molecule has 0 bridgehead atoms. The molecular formula is C18H21NO4S. The molecule has 5 nitrogen and oxygen atoms in total. The number of para-hydroxylation sites is 1. The molecule has 128 valence electrons. The average molecular weight is 347 g/mol. The summed E-state index contributed by atoms with van der Waals surface area (Å²) in [4.78, 5) is 12.4. The van der Waals surface area contributed by atoms with Crippen LogP contribution in [0.2, 0.25) is 0 Å². The van der Waals surface area contributed by atoms with Gasteiger partial charge >= 0.3 is 0 Å². The van der Waals surface area contributed by atoms with Crippen LogP contribution in [0.15, 0.2) is 42.5 Å². The summed E-state index contributed by atoms with van der Waals surface area (Å²) in [6.45, 7) is 0.323. The third-order valence-electron chi connectivity index (χ3n) is 3.48. The van der Waals surface area contributed by atoms with E-state index in [1.807, 2.05) is 18.2 Å². The van der Waals surface area contributed by atoms with E-state index in [1.165, 1.54) is 0 Å². The summed E-state index contributed by atoms with van der Waals surface area (Å²) in [7, 11) is 2.20. The summed E-state index contributed by atoms with van der Waals surface area (Å²) in [6.07, 6.45) is 1.64. The van der Waals surface area contributed by atoms with Crippen LogP contribution in [-0.4, -0.2) is 30.6 Å². The highest BCUT2D eigenvalue weighted by Crippen LogP contribution is 2.30. The molecule has 0 aliphatic carbocycles. The Balaban J connectivity index is 2.10. The summed E-state index contributed by atoms with van der Waals surface area (Å²) >= 11 is 0. The maximum Gasteiger partial charge on any atom is 0.251 e. The van der Waals surface area contributed by atoms with Gasteiger partial charge in [0.15, 0.2) is 11.5 Å². The predicted octanol–water partition coefficient (Wildman–Crippen LogP) is 2.51. The highest BCUT2D eigenvalue weighted by molar-refractivity contribution is 7.83. The van der Waals surface area contributed by atoms with Crippen molar-refractivity contribution in [3.63, 3.8) is 0 Å². The van der Waals surface area contributed by atoms with Gasteiger partial charge in [0.2, 0.25) is 0 Å². The van der Waals surface area contributed by atoms with E-state index in [1.54, 1.807) is 44.7 Å². The van der Waals surface area contributed by atoms with Gasteiger partial charge in [-0.1, -0.05) is 24.3 Å². The van der Waals surface area contributed by atoms with Gasteiger partial charge < -0.3 is 14.8 Å². The number of hydrogen-bond acceptors (Lipinski definition) is 4. The van der Waals surface area contributed by atoms with E-state index >= 15 is 0 Å². The Morgan fingerprint density at radius 2 is 1.88 bits per heavy atom. The average Bonchev–Trinajstić information content (AvgIpc) is 2.58. The van der Waals surface area contributed by atoms with Gasteiger partial charge in [-0.2, -0.15) is 0 Å². The maximum absolute atomic E-state index is 12.4. The lowest BCUT2D eigenvalue weighted by atomic mass is 10.1. The maximum atomic E-state index is 12.4. The normalized spacial score (nSPS) is 11.6. The number of nitrogens with one attached hydrogen (secondary N) is 1. The van der Waals surface area contributed by atoms with Gasteiger partial charge in [0.25, 0.3) is 5.91 Å². The minimum Gasteiger partial charge on any atom is -0.493 e. The number of methoxy groups -OCH3 is 2. The molecule has 24 heavy (non-hydrogen) atoms. The lowest BCUT2D eigenvalue weighted by Gasteiger charge is -2.13. The summed E-state index contributed by atoms with van der Waals surface area (Å²) in [5, 5.41) is 2.87. The zero-order chi connectivity index (χ0) is 17.5. The SMILES string of the molecule is COc1cccc(CNC(=O)c2cccc(CS(C)=O)c2)c1OC. The number of benzene rings is 2. The lowest BCUT2D eigenvalue weighted by molar-refractivity contribution is 0.0950. The van der Waals surface area contributed by atoms with Crippen molar-refractivity contribution < 1.29 is 18.5 Å². The molecule has 6 heteroatoms. The van der Waals surface area contributed by atoms with Gasteiger partial charge in [0.05, 0.1) is 14.2 Å². The fourth-order valence-corrected chi connectivity index (χ4v) is 3.06. The zero-order valence-corrected chi connectivity index (χ0v) is 14.8. The van der Waals surface area contributed by atoms with Gasteiger partial charge in [0, 0.05) is 40.5 Å². The summed E-state index contributed by atoms with van der Waals surface area (Å²) in [5.74, 6) is 1.47. The highest BCUT2D eigenvalue weighted by atomic mass is 32.2. The molecule has 0 saturated heterocycles. The summed E-state index contributed by atoms with van der Waals surface area (Å²) in [5.41, 5.74) is 2.25. The zero-order valence-electron chi connectivity index (χ0n) is 14.0. The van der Waals surface area contributed by atoms with Crippen molar-refractivity contribution in [3.8, 4) is 11.5 Å². The molecule has 1 atom stereocenters. The second kappa shape index (κ2) is 8.49. The van der Waals surface area contributed by atoms with Gasteiger partial charge in [-0.05, 0) is 23.8 Å². The van der Waals surface area contributed by atoms with Crippen molar-refractivity contribution in [2.45, 2.75) is 12.3 Å². The third-order valence-corrected chi connectivity index (χ3v) is 4.22. The van der Waals surface area contributed by atoms with Crippen molar-refractivity contribution in [1.29, 1.82) is 0 Å². The molecule has 1 N–H and O–H groups in total. The second-order valence-electron chi connectivity index (χ2n) is 5.25. The topological polar surface area (TPSA) is 64.6 Å². The van der Waals surface area contributed by atoms with Crippen molar-refractivity contribution in [2.24, 2.45) is 0 Å². The van der Waals surface area contributed by atoms with Crippen LogP contribution >= 0.6 is 0 Å². The molecule has 2 aromatic rings. The van der Waals surface area contributed by atoms with E-state index < -0.39 is 10.8 Å². The summed E-state index contributed by atoms with van der Waals surface area (Å²) in [6, 6.07) is 12.7. The summed E-state index contributed by atoms with van der Waals surface area (Å²) < 4.78 is 21.9. The molecule has 0 aromatic heterocycles. The Hall–Kier alpha value is -2.34. The van der Waals surface area contributed by atoms with E-state index in [0.717, 1.165) is 11.1 Å². The molecule has 1 amide bonds. The van der Waals surface area contributed by atoms with Crippen LogP contribution in [-0.2, 0) is 23.1 Å². The molecule has 2 rings (SSSR count). The predicted molar refractivity (Wildman–Crippen MR) is 94.9 cm³/mol. The van der Waals surface area contributed by atoms with E-state index in [0.29, 0.717) is 29.4 Å². The van der Waals surface area contributed by atoms with Crippen LogP contribution in [0, 0.1) is 0 Å². The molecule has 0 fully saturated rings. The molecule has 0 radical (unpaired) electrons. The van der Waals surface area contributed by atoms with Crippen LogP contribution in [0.4, 0.5) is 0 Å². The Morgan fingerprint density at radius 1 is 1.12 bits per heavy atom. The lowest BCUT2D eigenvalue weighted by Crippen LogP contribution is -2.23. The number of carbonyl (C=O) groups is 1. The third kappa shape index (κ3) is 4.58. The largest absolute Gasteiger partial charge is 0.493 e. The molecule has 0 aliphatic rings. The molecule has 2 aromatic carbocycles. The molecule has 0 aliphatic heterocycles. The first-order chi connectivity index (χ1) is 11.5. The van der Waals surface area contributed by atoms with Crippen molar-refractivity contribution in [2.75, 3.05) is 20.5 Å². The van der Waals surface area contributed by atoms with Gasteiger partial charge in [-0.25, -0.2) is 0 Å². The molecular weight excluding hydrogens is 326 g/mol. The fourth-order valence-electron chi connectivity index (χ4n) is 2.41. The van der Waals surface area contributed by atoms with E-state index in [-0.39, 0.29) is 5.91 Å². The number of carbonyl (C=O) groups excluding carboxylic acids is 1. The van der Waals surface area contributed by atoms with E-state index in [9.17, 15) is 9.00 Å². The minimum atomic E-state index is -0.942. The van der Waals surface area contributed by atoms with Gasteiger partial charge in [-0.15, -0.1) is 0 Å². The van der Waals surface area contributed by atoms with Gasteiger partial charge in [-0.3, -0.25) is 9.00 Å². The second-order valence-corrected chi connectivity index (χ2v) is 6.69. The Morgan fingerprint density at radius 3 is 2.54 bits per heavy atom. The van der Waals surface area contributed by atoms with Crippen LogP contribution < -0.4 is 14.8 Å². The monoisotopic (exact) mass is 347 g/mol. The number of amides is 1. The van der Waals surface area contributed by atoms with Gasteiger partial charge in [0.1, 0.15) is 0 Å². The molecule has 1 unspecified atom stereocenters. The Kier molecular flexibility index (Phi) is 6.37. The first-order valence-corrected chi connectivity index (χ1v) is 9.15. The first kappa shape index (κ1) is 18.0. The van der Waals surface area contributed by atoms with E-state index in [4.69, 9.17) is 9.47 Å². The first-order valence-electron chi connectivity index (χ1n) is 7.42. The Labute approximate surface area is 144 Å². The standard InChI is InChI=1S/C18H21NO4S/c1-22-16-9-5-8-15(17(16)23-2)11-19-18(20)14-7-4-6-13(10-14)12-24(3)21/h4-10H,11-12H2,1-3H3,(H,19,20). The van der Waals surface area contributed by atoms with Crippen LogP contribution in [0.5, 0.6) is 11.5 Å². The van der Waals surface area contributed by atoms with Crippen LogP contribution in [0.1, 0.15) is 21.5 Å². The molecule has 0 spiro atoms. The fraction of sp³-hybridized carbons (Fsp3) is 0.278. The van der Waals surface area contributed by atoms with Crippen molar-refractivity contribution in [1.82, 2.24) is 5.32 Å².